The van der Waals surface area contributed by atoms with E-state index in [9.17, 15) is 14.4 Å². The van der Waals surface area contributed by atoms with Crippen molar-refractivity contribution in [3.63, 3.8) is 0 Å². The summed E-state index contributed by atoms with van der Waals surface area (Å²) in [7, 11) is 0. The maximum atomic E-state index is 12.0. The van der Waals surface area contributed by atoms with Gasteiger partial charge in [-0.05, 0) is 17.7 Å². The molecule has 22 heavy (non-hydrogen) atoms. The molecule has 0 radical (unpaired) electrons. The van der Waals surface area contributed by atoms with Crippen molar-refractivity contribution in [1.82, 2.24) is 9.88 Å². The molecule has 8 heteroatoms. The van der Waals surface area contributed by atoms with E-state index in [1.165, 1.54) is 16.2 Å². The van der Waals surface area contributed by atoms with Gasteiger partial charge in [-0.3, -0.25) is 24.6 Å². The van der Waals surface area contributed by atoms with Crippen LogP contribution in [0.1, 0.15) is 15.9 Å². The first-order valence-corrected chi connectivity index (χ1v) is 8.27. The first kappa shape index (κ1) is 14.7. The number of amides is 3. The lowest BCUT2D eigenvalue weighted by Gasteiger charge is -2.12. The Morgan fingerprint density at radius 3 is 2.64 bits per heavy atom. The highest BCUT2D eigenvalue weighted by atomic mass is 32.2. The third-order valence-corrected chi connectivity index (χ3v) is 4.60. The Labute approximate surface area is 134 Å². The first-order chi connectivity index (χ1) is 10.6. The molecular weight excluding hydrogens is 322 g/mol. The molecule has 2 aromatic rings. The highest BCUT2D eigenvalue weighted by molar-refractivity contribution is 8.14. The van der Waals surface area contributed by atoms with Crippen molar-refractivity contribution in [2.24, 2.45) is 0 Å². The van der Waals surface area contributed by atoms with E-state index >= 15 is 0 Å². The van der Waals surface area contributed by atoms with E-state index in [0.29, 0.717) is 10.7 Å². The molecule has 1 aromatic carbocycles. The molecule has 6 nitrogen and oxygen atoms in total. The Morgan fingerprint density at radius 2 is 2.05 bits per heavy atom. The fraction of sp³-hybridized carbons (Fsp3) is 0.143. The maximum absolute atomic E-state index is 12.0. The van der Waals surface area contributed by atoms with Crippen LogP contribution in [0.4, 0.5) is 9.93 Å². The Morgan fingerprint density at radius 1 is 1.27 bits per heavy atom. The largest absolute Gasteiger partial charge is 0.298 e. The van der Waals surface area contributed by atoms with Crippen LogP contribution in [0.2, 0.25) is 0 Å². The molecule has 0 spiro atoms. The van der Waals surface area contributed by atoms with Gasteiger partial charge in [-0.1, -0.05) is 23.9 Å². The summed E-state index contributed by atoms with van der Waals surface area (Å²) in [4.78, 5) is 40.3. The molecule has 0 atom stereocenters. The molecule has 1 aliphatic rings. The monoisotopic (exact) mass is 333 g/mol. The molecule has 0 aliphatic carbocycles. The molecule has 1 fully saturated rings. The predicted octanol–water partition coefficient (Wildman–Crippen LogP) is 2.59. The molecule has 0 unspecified atom stereocenters. The Bertz CT molecular complexity index is 697. The molecule has 2 heterocycles. The van der Waals surface area contributed by atoms with E-state index < -0.39 is 0 Å². The van der Waals surface area contributed by atoms with Gasteiger partial charge in [-0.15, -0.1) is 11.3 Å². The van der Waals surface area contributed by atoms with Gasteiger partial charge in [0.15, 0.2) is 5.13 Å². The van der Waals surface area contributed by atoms with E-state index in [-0.39, 0.29) is 29.4 Å². The maximum Gasteiger partial charge on any atom is 0.289 e. The lowest BCUT2D eigenvalue weighted by molar-refractivity contribution is -0.125. The quantitative estimate of drug-likeness (QED) is 0.930. The number of hydrogen-bond donors (Lipinski definition) is 1. The van der Waals surface area contributed by atoms with Crippen molar-refractivity contribution in [1.29, 1.82) is 0 Å². The summed E-state index contributed by atoms with van der Waals surface area (Å²) in [5, 5.41) is 4.78. The van der Waals surface area contributed by atoms with Crippen LogP contribution in [0.25, 0.3) is 0 Å². The molecule has 0 saturated carbocycles. The summed E-state index contributed by atoms with van der Waals surface area (Å²) in [6, 6.07) is 6.80. The Balaban J connectivity index is 1.66. The van der Waals surface area contributed by atoms with Crippen molar-refractivity contribution in [3.05, 3.63) is 47.0 Å². The standard InChI is InChI=1S/C14H11N3O3S2/c18-11-8-22-14(20)17(11)7-9-1-3-10(4-2-9)12(19)16-13-15-5-6-21-13/h1-6H,7-8H2,(H,15,16,19). The molecular formula is C14H11N3O3S2. The van der Waals surface area contributed by atoms with E-state index in [1.807, 2.05) is 0 Å². The second-order valence-corrected chi connectivity index (χ2v) is 6.34. The summed E-state index contributed by atoms with van der Waals surface area (Å²) < 4.78 is 0. The zero-order valence-corrected chi connectivity index (χ0v) is 12.9. The number of nitrogens with zero attached hydrogens (tertiary/aromatic N) is 2. The summed E-state index contributed by atoms with van der Waals surface area (Å²) in [5.74, 6) is -0.224. The van der Waals surface area contributed by atoms with Gasteiger partial charge in [-0.2, -0.15) is 0 Å². The molecule has 0 bridgehead atoms. The van der Waals surface area contributed by atoms with Crippen molar-refractivity contribution >= 4 is 45.3 Å². The smallest absolute Gasteiger partial charge is 0.289 e. The number of imide groups is 1. The predicted molar refractivity (Wildman–Crippen MR) is 84.9 cm³/mol. The van der Waals surface area contributed by atoms with Crippen LogP contribution in [0.15, 0.2) is 35.8 Å². The Hall–Kier alpha value is -2.19. The number of nitrogens with one attached hydrogen (secondary N) is 1. The number of benzene rings is 1. The van der Waals surface area contributed by atoms with Crippen LogP contribution in [0.5, 0.6) is 0 Å². The summed E-state index contributed by atoms with van der Waals surface area (Å²) in [6.45, 7) is 0.235. The van der Waals surface area contributed by atoms with Gasteiger partial charge in [0, 0.05) is 17.1 Å². The second-order valence-electron chi connectivity index (χ2n) is 4.52. The molecule has 3 amide bonds. The van der Waals surface area contributed by atoms with Gasteiger partial charge in [0.2, 0.25) is 5.91 Å². The fourth-order valence-corrected chi connectivity index (χ4v) is 3.18. The van der Waals surface area contributed by atoms with Crippen LogP contribution in [0, 0.1) is 0 Å². The van der Waals surface area contributed by atoms with E-state index in [0.717, 1.165) is 17.3 Å². The van der Waals surface area contributed by atoms with Crippen LogP contribution in [0.3, 0.4) is 0 Å². The lowest BCUT2D eigenvalue weighted by Crippen LogP contribution is -2.27. The first-order valence-electron chi connectivity index (χ1n) is 6.40. The fourth-order valence-electron chi connectivity index (χ4n) is 1.93. The van der Waals surface area contributed by atoms with Gasteiger partial charge < -0.3 is 0 Å². The highest BCUT2D eigenvalue weighted by Gasteiger charge is 2.29. The number of rotatable bonds is 4. The molecule has 1 N–H and O–H groups in total. The third kappa shape index (κ3) is 3.18. The SMILES string of the molecule is O=C(Nc1nccs1)c1ccc(CN2C(=O)CSC2=O)cc1. The lowest BCUT2D eigenvalue weighted by atomic mass is 10.1. The molecule has 1 aromatic heterocycles. The Kier molecular flexibility index (Phi) is 4.21. The average molecular weight is 333 g/mol. The summed E-state index contributed by atoms with van der Waals surface area (Å²) in [5.41, 5.74) is 1.29. The number of carbonyl (C=O) groups excluding carboxylic acids is 3. The van der Waals surface area contributed by atoms with Gasteiger partial charge in [0.1, 0.15) is 0 Å². The van der Waals surface area contributed by atoms with Crippen molar-refractivity contribution < 1.29 is 14.4 Å². The average Bonchev–Trinajstić information content (AvgIpc) is 3.13. The normalized spacial score (nSPS) is 14.5. The zero-order valence-electron chi connectivity index (χ0n) is 11.3. The van der Waals surface area contributed by atoms with Gasteiger partial charge in [0.25, 0.3) is 11.1 Å². The van der Waals surface area contributed by atoms with E-state index in [1.54, 1.807) is 35.8 Å². The van der Waals surface area contributed by atoms with Gasteiger partial charge in [0.05, 0.1) is 12.3 Å². The number of carbonyl (C=O) groups is 3. The number of hydrogen-bond acceptors (Lipinski definition) is 6. The van der Waals surface area contributed by atoms with Crippen LogP contribution >= 0.6 is 23.1 Å². The van der Waals surface area contributed by atoms with E-state index in [4.69, 9.17) is 0 Å². The number of anilines is 1. The summed E-state index contributed by atoms with van der Waals surface area (Å²) in [6.07, 6.45) is 1.62. The molecule has 1 aliphatic heterocycles. The molecule has 1 saturated heterocycles. The minimum atomic E-state index is -0.245. The number of aromatic nitrogens is 1. The second kappa shape index (κ2) is 6.29. The van der Waals surface area contributed by atoms with Crippen LogP contribution in [-0.2, 0) is 11.3 Å². The zero-order chi connectivity index (χ0) is 15.5. The number of thiazole rings is 1. The molecule has 3 rings (SSSR count). The molecule has 112 valence electrons. The summed E-state index contributed by atoms with van der Waals surface area (Å²) >= 11 is 2.35. The van der Waals surface area contributed by atoms with Crippen molar-refractivity contribution in [3.8, 4) is 0 Å². The van der Waals surface area contributed by atoms with Crippen LogP contribution < -0.4 is 5.32 Å². The number of thioether (sulfide) groups is 1. The highest BCUT2D eigenvalue weighted by Crippen LogP contribution is 2.21. The minimum absolute atomic E-state index is 0.180. The van der Waals surface area contributed by atoms with Crippen molar-refractivity contribution in [2.75, 3.05) is 11.1 Å². The third-order valence-electron chi connectivity index (χ3n) is 3.05. The van der Waals surface area contributed by atoms with Crippen LogP contribution in [-0.4, -0.2) is 32.7 Å². The van der Waals surface area contributed by atoms with Gasteiger partial charge >= 0.3 is 0 Å². The topological polar surface area (TPSA) is 79.4 Å². The minimum Gasteiger partial charge on any atom is -0.298 e. The van der Waals surface area contributed by atoms with Gasteiger partial charge in [-0.25, -0.2) is 4.98 Å². The van der Waals surface area contributed by atoms with E-state index in [2.05, 4.69) is 10.3 Å². The van der Waals surface area contributed by atoms with Crippen molar-refractivity contribution in [2.45, 2.75) is 6.54 Å².